The first-order valence-electron chi connectivity index (χ1n) is 7.86. The minimum absolute atomic E-state index is 0.0809. The third-order valence-electron chi connectivity index (χ3n) is 3.69. The zero-order chi connectivity index (χ0) is 22.2. The fourth-order valence-corrected chi connectivity index (χ4v) is 2.10. The maximum atomic E-state index is 10.7. The topological polar surface area (TPSA) is 255 Å². The highest BCUT2D eigenvalue weighted by molar-refractivity contribution is 5.73. The summed E-state index contributed by atoms with van der Waals surface area (Å²) in [5.74, 6) is -2.22. The van der Waals surface area contributed by atoms with Crippen molar-refractivity contribution in [1.82, 2.24) is 5.32 Å². The van der Waals surface area contributed by atoms with E-state index >= 15 is 0 Å². The second-order valence-electron chi connectivity index (χ2n) is 5.85. The Bertz CT molecular complexity index is 517. The summed E-state index contributed by atoms with van der Waals surface area (Å²) in [6, 6.07) is -1.10. The van der Waals surface area contributed by atoms with Crippen molar-refractivity contribution >= 4 is 18.2 Å². The van der Waals surface area contributed by atoms with Gasteiger partial charge in [-0.25, -0.2) is 4.79 Å². The lowest BCUT2D eigenvalue weighted by atomic mass is 9.97. The number of carbonyl (C=O) groups is 3. The molecule has 14 nitrogen and oxygen atoms in total. The zero-order valence-corrected chi connectivity index (χ0v) is 14.6. The van der Waals surface area contributed by atoms with Crippen LogP contribution in [0.4, 0.5) is 0 Å². The van der Waals surface area contributed by atoms with Gasteiger partial charge in [-0.2, -0.15) is 0 Å². The van der Waals surface area contributed by atoms with E-state index in [-0.39, 0.29) is 6.29 Å². The largest absolute Gasteiger partial charge is 0.479 e. The first-order valence-corrected chi connectivity index (χ1v) is 7.86. The number of aliphatic carboxylic acids is 1. The minimum Gasteiger partial charge on any atom is -0.479 e. The lowest BCUT2D eigenvalue weighted by Gasteiger charge is -2.40. The molecule has 0 saturated carbocycles. The average Bonchev–Trinajstić information content (AvgIpc) is 2.65. The number of hydrogen-bond donors (Lipinski definition) is 10. The van der Waals surface area contributed by atoms with Crippen LogP contribution in [0.3, 0.4) is 0 Å². The molecule has 10 N–H and O–H groups in total. The molecule has 1 heterocycles. The molecule has 1 fully saturated rings. The zero-order valence-electron chi connectivity index (χ0n) is 14.6. The predicted octanol–water partition coefficient (Wildman–Crippen LogP) is -6.36. The van der Waals surface area contributed by atoms with Gasteiger partial charge < -0.3 is 60.8 Å². The summed E-state index contributed by atoms with van der Waals surface area (Å²) < 4.78 is 4.81. The highest BCUT2D eigenvalue weighted by Gasteiger charge is 2.43. The van der Waals surface area contributed by atoms with E-state index in [2.05, 4.69) is 5.32 Å². The van der Waals surface area contributed by atoms with Gasteiger partial charge in [-0.15, -0.1) is 0 Å². The average molecular weight is 415 g/mol. The summed E-state index contributed by atoms with van der Waals surface area (Å²) >= 11 is 0. The van der Waals surface area contributed by atoms with E-state index in [9.17, 15) is 29.7 Å². The molecule has 1 aliphatic heterocycles. The first kappa shape index (κ1) is 26.2. The number of carboxylic acid groups (broad SMARTS) is 1. The molecule has 0 aromatic heterocycles. The number of nitrogens with one attached hydrogen (secondary N) is 1. The van der Waals surface area contributed by atoms with Gasteiger partial charge in [0, 0.05) is 6.92 Å². The van der Waals surface area contributed by atoms with E-state index < -0.39 is 73.5 Å². The molecule has 0 bridgehead atoms. The van der Waals surface area contributed by atoms with Gasteiger partial charge in [0.05, 0.1) is 6.61 Å². The van der Waals surface area contributed by atoms with E-state index in [1.165, 1.54) is 6.92 Å². The second kappa shape index (κ2) is 11.9. The van der Waals surface area contributed by atoms with Gasteiger partial charge in [0.2, 0.25) is 5.91 Å². The highest BCUT2D eigenvalue weighted by atomic mass is 16.6. The summed E-state index contributed by atoms with van der Waals surface area (Å²) in [5, 5.41) is 82.6. The molecule has 1 aliphatic rings. The molecule has 9 atom stereocenters. The lowest BCUT2D eigenvalue weighted by Crippen LogP contribution is -2.63. The monoisotopic (exact) mass is 415 g/mol. The summed E-state index contributed by atoms with van der Waals surface area (Å²) in [4.78, 5) is 30.7. The van der Waals surface area contributed by atoms with Crippen LogP contribution >= 0.6 is 0 Å². The summed E-state index contributed by atoms with van der Waals surface area (Å²) in [5.41, 5.74) is 0. The SMILES string of the molecule is CC(=O)N[C@H]1C(O)O[C@H](CO)[C@@H](O)[C@@H]1O.O=CC(O)C(O)C(O)C(O)C(=O)O. The summed E-state index contributed by atoms with van der Waals surface area (Å²) in [6.07, 6.45) is -13.6. The molecule has 1 amide bonds. The van der Waals surface area contributed by atoms with E-state index in [0.717, 1.165) is 0 Å². The Balaban J connectivity index is 0.000000528. The van der Waals surface area contributed by atoms with Crippen LogP contribution in [0.2, 0.25) is 0 Å². The minimum atomic E-state index is -2.25. The van der Waals surface area contributed by atoms with Crippen molar-refractivity contribution in [3.05, 3.63) is 0 Å². The number of amides is 1. The van der Waals surface area contributed by atoms with Gasteiger partial charge >= 0.3 is 5.97 Å². The Kier molecular flexibility index (Phi) is 11.2. The number of aliphatic hydroxyl groups excluding tert-OH is 8. The molecule has 1 rings (SSSR count). The van der Waals surface area contributed by atoms with Crippen molar-refractivity contribution in [3.63, 3.8) is 0 Å². The second-order valence-corrected chi connectivity index (χ2v) is 5.85. The number of carbonyl (C=O) groups excluding carboxylic acids is 2. The molecule has 0 spiro atoms. The highest BCUT2D eigenvalue weighted by Crippen LogP contribution is 2.19. The number of rotatable bonds is 7. The smallest absolute Gasteiger partial charge is 0.335 e. The van der Waals surface area contributed by atoms with E-state index in [0.29, 0.717) is 0 Å². The van der Waals surface area contributed by atoms with Crippen LogP contribution in [0.25, 0.3) is 0 Å². The van der Waals surface area contributed by atoms with Crippen LogP contribution < -0.4 is 5.32 Å². The number of ether oxygens (including phenoxy) is 1. The number of aldehydes is 1. The maximum Gasteiger partial charge on any atom is 0.335 e. The van der Waals surface area contributed by atoms with E-state index in [1.807, 2.05) is 0 Å². The van der Waals surface area contributed by atoms with Gasteiger partial charge in [0.15, 0.2) is 18.7 Å². The molecule has 0 radical (unpaired) electrons. The van der Waals surface area contributed by atoms with Gasteiger partial charge in [-0.1, -0.05) is 0 Å². The standard InChI is InChI=1S/C8H15NO6.C6H10O7/c1-3(11)9-5-7(13)6(12)4(2-10)15-8(5)14;7-1-2(8)3(9)4(10)5(11)6(12)13/h4-8,10,12-14H,2H2,1H3,(H,9,11);1-5,8-11H,(H,12,13)/t4-,5-,6-,7-,8?;/m1./s1. The van der Waals surface area contributed by atoms with E-state index in [4.69, 9.17) is 35.4 Å². The number of carboxylic acids is 1. The molecular formula is C14H25NO13. The maximum absolute atomic E-state index is 10.7. The number of aliphatic hydroxyl groups is 8. The molecule has 0 aliphatic carbocycles. The molecule has 164 valence electrons. The van der Waals surface area contributed by atoms with Crippen LogP contribution in [0, 0.1) is 0 Å². The Morgan fingerprint density at radius 2 is 1.61 bits per heavy atom. The van der Waals surface area contributed by atoms with Gasteiger partial charge in [-0.3, -0.25) is 4.79 Å². The van der Waals surface area contributed by atoms with Crippen LogP contribution in [-0.4, -0.2) is 126 Å². The van der Waals surface area contributed by atoms with Crippen LogP contribution in [0.15, 0.2) is 0 Å². The molecule has 28 heavy (non-hydrogen) atoms. The van der Waals surface area contributed by atoms with Gasteiger partial charge in [0.25, 0.3) is 0 Å². The number of hydrogen-bond acceptors (Lipinski definition) is 12. The molecule has 5 unspecified atom stereocenters. The van der Waals surface area contributed by atoms with Gasteiger partial charge in [0.1, 0.15) is 42.7 Å². The predicted molar refractivity (Wildman–Crippen MR) is 85.3 cm³/mol. The normalized spacial score (nSPS) is 31.4. The van der Waals surface area contributed by atoms with Crippen molar-refractivity contribution in [2.45, 2.75) is 62.0 Å². The fraction of sp³-hybridized carbons (Fsp3) is 0.786. The Hall–Kier alpha value is -1.75. The van der Waals surface area contributed by atoms with Crippen LogP contribution in [0.5, 0.6) is 0 Å². The molecule has 0 aromatic rings. The van der Waals surface area contributed by atoms with Crippen molar-refractivity contribution in [1.29, 1.82) is 0 Å². The molecular weight excluding hydrogens is 390 g/mol. The van der Waals surface area contributed by atoms with Crippen molar-refractivity contribution < 1.29 is 65.1 Å². The van der Waals surface area contributed by atoms with E-state index in [1.54, 1.807) is 0 Å². The van der Waals surface area contributed by atoms with Crippen molar-refractivity contribution in [2.75, 3.05) is 6.61 Å². The van der Waals surface area contributed by atoms with Crippen molar-refractivity contribution in [2.24, 2.45) is 0 Å². The Morgan fingerprint density at radius 1 is 1.07 bits per heavy atom. The molecule has 1 saturated heterocycles. The fourth-order valence-electron chi connectivity index (χ4n) is 2.10. The molecule has 14 heteroatoms. The third kappa shape index (κ3) is 7.34. The van der Waals surface area contributed by atoms with Gasteiger partial charge in [-0.05, 0) is 0 Å². The lowest BCUT2D eigenvalue weighted by molar-refractivity contribution is -0.253. The van der Waals surface area contributed by atoms with Crippen molar-refractivity contribution in [3.8, 4) is 0 Å². The Labute approximate surface area is 158 Å². The first-order chi connectivity index (χ1) is 12.9. The molecule has 0 aromatic carbocycles. The summed E-state index contributed by atoms with van der Waals surface area (Å²) in [6.45, 7) is 0.687. The third-order valence-corrected chi connectivity index (χ3v) is 3.69. The van der Waals surface area contributed by atoms with Crippen LogP contribution in [0.1, 0.15) is 6.92 Å². The van der Waals surface area contributed by atoms with Crippen LogP contribution in [-0.2, 0) is 19.1 Å². The Morgan fingerprint density at radius 3 is 2.00 bits per heavy atom. The quantitative estimate of drug-likeness (QED) is 0.174. The summed E-state index contributed by atoms with van der Waals surface area (Å²) in [7, 11) is 0.